The fraction of sp³-hybridized carbons (Fsp3) is 0.481. The highest BCUT2D eigenvalue weighted by atomic mass is 16.5. The topological polar surface area (TPSA) is 127 Å². The summed E-state index contributed by atoms with van der Waals surface area (Å²) in [7, 11) is 1.65. The summed E-state index contributed by atoms with van der Waals surface area (Å²) in [6.07, 6.45) is 2.29. The fourth-order valence-electron chi connectivity index (χ4n) is 6.26. The summed E-state index contributed by atoms with van der Waals surface area (Å²) in [4.78, 5) is 26.5. The first-order chi connectivity index (χ1) is 18.0. The first-order valence-corrected chi connectivity index (χ1v) is 13.0. The van der Waals surface area contributed by atoms with Crippen LogP contribution in [0, 0.1) is 17.3 Å². The van der Waals surface area contributed by atoms with Crippen molar-refractivity contribution < 1.29 is 19.4 Å². The van der Waals surface area contributed by atoms with E-state index in [0.717, 1.165) is 55.0 Å². The van der Waals surface area contributed by atoms with E-state index in [-0.39, 0.29) is 41.5 Å². The van der Waals surface area contributed by atoms with Gasteiger partial charge in [0.25, 0.3) is 0 Å². The molecular weight excluding hydrogens is 472 g/mol. The molecule has 5 unspecified atom stereocenters. The van der Waals surface area contributed by atoms with Crippen LogP contribution in [0.1, 0.15) is 31.0 Å². The predicted molar refractivity (Wildman–Crippen MR) is 139 cm³/mol. The highest BCUT2D eigenvalue weighted by Crippen LogP contribution is 2.59. The van der Waals surface area contributed by atoms with E-state index in [2.05, 4.69) is 56.0 Å². The zero-order valence-electron chi connectivity index (χ0n) is 20.9. The first-order valence-electron chi connectivity index (χ1n) is 13.0. The number of nitrogens with zero attached hydrogens (tertiary/aromatic N) is 1. The van der Waals surface area contributed by atoms with Crippen molar-refractivity contribution in [2.45, 2.75) is 37.6 Å². The van der Waals surface area contributed by atoms with Gasteiger partial charge < -0.3 is 20.1 Å². The number of aliphatic carboxylic acids is 1. The normalized spacial score (nSPS) is 30.2. The molecule has 6 rings (SSSR count). The maximum Gasteiger partial charge on any atom is 0.307 e. The number of hydrogen-bond acceptors (Lipinski definition) is 8. The molecule has 0 bridgehead atoms. The number of hydrazine groups is 1. The Labute approximate surface area is 216 Å². The molecule has 1 aliphatic carbocycles. The van der Waals surface area contributed by atoms with E-state index in [1.54, 1.807) is 7.11 Å². The molecule has 37 heavy (non-hydrogen) atoms. The lowest BCUT2D eigenvalue weighted by molar-refractivity contribution is -0.139. The third-order valence-electron chi connectivity index (χ3n) is 8.61. The van der Waals surface area contributed by atoms with Gasteiger partial charge in [-0.3, -0.25) is 25.6 Å². The Morgan fingerprint density at radius 2 is 1.81 bits per heavy atom. The second-order valence-electron chi connectivity index (χ2n) is 10.7. The molecule has 2 aromatic carbocycles. The molecule has 1 spiro atoms. The van der Waals surface area contributed by atoms with E-state index < -0.39 is 5.97 Å². The first kappa shape index (κ1) is 24.0. The van der Waals surface area contributed by atoms with Gasteiger partial charge in [0, 0.05) is 37.1 Å². The standard InChI is InChI=1S/C27H34N6O4/c1-37-19-8-2-16(3-9-19)23-30-21-15-28-32-25(34)22(21)24(31-23)29-17-4-6-18(7-5-17)33-12-10-27(11-13-33)14-20(27)26(35)36/h2-9,20-24,28-31H,10-15H2,1H3,(H,32,34)(H,35,36). The van der Waals surface area contributed by atoms with Crippen LogP contribution < -0.4 is 36.4 Å². The highest BCUT2D eigenvalue weighted by Gasteiger charge is 2.58. The Balaban J connectivity index is 1.14. The maximum absolute atomic E-state index is 12.8. The van der Waals surface area contributed by atoms with Gasteiger partial charge in [-0.05, 0) is 66.6 Å². The Kier molecular flexibility index (Phi) is 6.18. The van der Waals surface area contributed by atoms with Crippen molar-refractivity contribution in [3.8, 4) is 5.75 Å². The molecule has 4 fully saturated rings. The molecule has 1 amide bonds. The van der Waals surface area contributed by atoms with Gasteiger partial charge in [-0.15, -0.1) is 0 Å². The minimum atomic E-state index is -0.644. The Hall–Kier alpha value is -3.34. The summed E-state index contributed by atoms with van der Waals surface area (Å²) in [6, 6.07) is 16.2. The summed E-state index contributed by atoms with van der Waals surface area (Å²) in [6.45, 7) is 2.39. The molecule has 1 saturated carbocycles. The molecule has 6 N–H and O–H groups in total. The van der Waals surface area contributed by atoms with E-state index in [9.17, 15) is 14.7 Å². The highest BCUT2D eigenvalue weighted by molar-refractivity contribution is 5.81. The Bertz CT molecular complexity index is 1150. The quantitative estimate of drug-likeness (QED) is 0.347. The third-order valence-corrected chi connectivity index (χ3v) is 8.61. The van der Waals surface area contributed by atoms with Crippen molar-refractivity contribution in [2.24, 2.45) is 17.3 Å². The van der Waals surface area contributed by atoms with E-state index in [4.69, 9.17) is 4.74 Å². The van der Waals surface area contributed by atoms with Crippen molar-refractivity contribution in [1.29, 1.82) is 0 Å². The lowest BCUT2D eigenvalue weighted by Gasteiger charge is -2.46. The average molecular weight is 507 g/mol. The van der Waals surface area contributed by atoms with Crippen LogP contribution in [0.4, 0.5) is 11.4 Å². The van der Waals surface area contributed by atoms with Gasteiger partial charge in [0.05, 0.1) is 31.3 Å². The zero-order valence-corrected chi connectivity index (χ0v) is 20.9. The number of anilines is 2. The summed E-state index contributed by atoms with van der Waals surface area (Å²) < 4.78 is 5.29. The molecule has 3 heterocycles. The van der Waals surface area contributed by atoms with Crippen LogP contribution in [0.5, 0.6) is 5.75 Å². The number of amides is 1. The van der Waals surface area contributed by atoms with E-state index in [1.807, 2.05) is 24.3 Å². The van der Waals surface area contributed by atoms with Gasteiger partial charge in [0.2, 0.25) is 5.91 Å². The molecule has 196 valence electrons. The molecule has 0 radical (unpaired) electrons. The molecule has 5 atom stereocenters. The van der Waals surface area contributed by atoms with Gasteiger partial charge in [-0.2, -0.15) is 0 Å². The van der Waals surface area contributed by atoms with Gasteiger partial charge in [-0.25, -0.2) is 5.43 Å². The van der Waals surface area contributed by atoms with Crippen LogP contribution in [-0.2, 0) is 9.59 Å². The molecule has 0 aromatic heterocycles. The van der Waals surface area contributed by atoms with Crippen molar-refractivity contribution in [1.82, 2.24) is 21.5 Å². The number of hydrogen-bond donors (Lipinski definition) is 6. The smallest absolute Gasteiger partial charge is 0.307 e. The molecular formula is C27H34N6O4. The van der Waals surface area contributed by atoms with Crippen molar-refractivity contribution in [3.63, 3.8) is 0 Å². The lowest BCUT2D eigenvalue weighted by atomic mass is 9.89. The van der Waals surface area contributed by atoms with Crippen LogP contribution in [0.3, 0.4) is 0 Å². The average Bonchev–Trinajstić information content (AvgIpc) is 3.63. The molecule has 4 aliphatic rings. The number of piperidine rings is 1. The molecule has 10 heteroatoms. The second-order valence-corrected chi connectivity index (χ2v) is 10.7. The number of fused-ring (bicyclic) bond motifs is 1. The van der Waals surface area contributed by atoms with Gasteiger partial charge in [-0.1, -0.05) is 12.1 Å². The second kappa shape index (κ2) is 9.51. The number of benzene rings is 2. The number of carboxylic acid groups (broad SMARTS) is 1. The number of ether oxygens (including phenoxy) is 1. The monoisotopic (exact) mass is 506 g/mol. The maximum atomic E-state index is 12.8. The van der Waals surface area contributed by atoms with Crippen LogP contribution in [0.25, 0.3) is 0 Å². The minimum Gasteiger partial charge on any atom is -0.497 e. The number of nitrogens with one attached hydrogen (secondary N) is 5. The summed E-state index contributed by atoms with van der Waals surface area (Å²) in [5.74, 6) is -0.352. The van der Waals surface area contributed by atoms with Gasteiger partial charge >= 0.3 is 5.97 Å². The van der Waals surface area contributed by atoms with Gasteiger partial charge in [0.15, 0.2) is 0 Å². The number of carboxylic acids is 1. The van der Waals surface area contributed by atoms with Crippen LogP contribution in [-0.4, -0.2) is 55.9 Å². The van der Waals surface area contributed by atoms with E-state index in [0.29, 0.717) is 6.54 Å². The largest absolute Gasteiger partial charge is 0.497 e. The molecule has 3 aliphatic heterocycles. The number of rotatable bonds is 6. The number of carbonyl (C=O) groups is 2. The van der Waals surface area contributed by atoms with E-state index >= 15 is 0 Å². The van der Waals surface area contributed by atoms with Crippen LogP contribution in [0.2, 0.25) is 0 Å². The van der Waals surface area contributed by atoms with Crippen molar-refractivity contribution in [2.75, 3.05) is 37.0 Å². The van der Waals surface area contributed by atoms with Crippen LogP contribution >= 0.6 is 0 Å². The minimum absolute atomic E-state index is 0.0247. The number of carbonyl (C=O) groups excluding carboxylic acids is 1. The Morgan fingerprint density at radius 1 is 1.08 bits per heavy atom. The lowest BCUT2D eigenvalue weighted by Crippen LogP contribution is -2.71. The van der Waals surface area contributed by atoms with Gasteiger partial charge in [0.1, 0.15) is 5.75 Å². The van der Waals surface area contributed by atoms with Crippen LogP contribution in [0.15, 0.2) is 48.5 Å². The molecule has 2 aromatic rings. The molecule has 3 saturated heterocycles. The number of methoxy groups -OCH3 is 1. The molecule has 10 nitrogen and oxygen atoms in total. The predicted octanol–water partition coefficient (Wildman–Crippen LogP) is 1.64. The SMILES string of the molecule is COc1ccc(C2NC3CNNC(=O)C3C(Nc3ccc(N4CCC5(CC4)CC5C(=O)O)cc3)N2)cc1. The Morgan fingerprint density at radius 3 is 2.46 bits per heavy atom. The summed E-state index contributed by atoms with van der Waals surface area (Å²) in [5, 5.41) is 20.1. The van der Waals surface area contributed by atoms with Crippen molar-refractivity contribution >= 4 is 23.3 Å². The van der Waals surface area contributed by atoms with Crippen molar-refractivity contribution in [3.05, 3.63) is 54.1 Å². The van der Waals surface area contributed by atoms with E-state index in [1.165, 1.54) is 0 Å². The summed E-state index contributed by atoms with van der Waals surface area (Å²) >= 11 is 0. The summed E-state index contributed by atoms with van der Waals surface area (Å²) in [5.41, 5.74) is 8.93. The fourth-order valence-corrected chi connectivity index (χ4v) is 6.26. The zero-order chi connectivity index (χ0) is 25.6. The third kappa shape index (κ3) is 4.60.